The van der Waals surface area contributed by atoms with Crippen molar-refractivity contribution in [1.29, 1.82) is 0 Å². The first-order valence-corrected chi connectivity index (χ1v) is 9.12. The Kier molecular flexibility index (Phi) is 9.87. The summed E-state index contributed by atoms with van der Waals surface area (Å²) in [6.45, 7) is 2.26. The molecule has 0 aromatic carbocycles. The maximum Gasteiger partial charge on any atom is 0.191 e. The molecule has 0 aromatic rings. The van der Waals surface area contributed by atoms with E-state index in [-0.39, 0.29) is 6.17 Å². The minimum absolute atomic E-state index is 0.0419. The van der Waals surface area contributed by atoms with Gasteiger partial charge in [-0.1, -0.05) is 64.7 Å². The van der Waals surface area contributed by atoms with E-state index in [9.17, 15) is 0 Å². The molecule has 0 spiro atoms. The van der Waals surface area contributed by atoms with Crippen LogP contribution >= 0.6 is 24.4 Å². The molecule has 6 heteroatoms. The molecule has 1 rings (SSSR count). The van der Waals surface area contributed by atoms with Gasteiger partial charge in [-0.05, 0) is 37.3 Å². The number of hydrazine groups is 1. The van der Waals surface area contributed by atoms with E-state index in [1.807, 2.05) is 0 Å². The van der Waals surface area contributed by atoms with Gasteiger partial charge in [0.05, 0.1) is 0 Å². The van der Waals surface area contributed by atoms with Gasteiger partial charge < -0.3 is 10.6 Å². The highest BCUT2D eigenvalue weighted by Gasteiger charge is 2.24. The van der Waals surface area contributed by atoms with Crippen molar-refractivity contribution in [3.05, 3.63) is 0 Å². The third-order valence-electron chi connectivity index (χ3n) is 3.92. The smallest absolute Gasteiger partial charge is 0.191 e. The summed E-state index contributed by atoms with van der Waals surface area (Å²) in [5.41, 5.74) is 0. The SMILES string of the molecule is CCCCCCCCCCCCC1NC(=S)NC(=S)N1N. The average molecular weight is 331 g/mol. The average Bonchev–Trinajstić information content (AvgIpc) is 2.45. The van der Waals surface area contributed by atoms with Crippen LogP contribution in [-0.2, 0) is 0 Å². The van der Waals surface area contributed by atoms with Crippen molar-refractivity contribution in [2.45, 2.75) is 83.7 Å². The number of hydrogen-bond donors (Lipinski definition) is 3. The first kappa shape index (κ1) is 18.6. The number of nitrogens with two attached hydrogens (primary N) is 1. The number of thiocarbonyl (C=S) groups is 2. The van der Waals surface area contributed by atoms with E-state index >= 15 is 0 Å². The summed E-state index contributed by atoms with van der Waals surface area (Å²) < 4.78 is 0. The van der Waals surface area contributed by atoms with Gasteiger partial charge in [-0.2, -0.15) is 0 Å². The van der Waals surface area contributed by atoms with Crippen LogP contribution in [0.25, 0.3) is 0 Å². The molecule has 1 aliphatic rings. The van der Waals surface area contributed by atoms with Crippen LogP contribution in [0.5, 0.6) is 0 Å². The quantitative estimate of drug-likeness (QED) is 0.306. The molecule has 1 atom stereocenters. The third-order valence-corrected chi connectivity index (χ3v) is 4.45. The van der Waals surface area contributed by atoms with Crippen molar-refractivity contribution in [2.75, 3.05) is 0 Å². The summed E-state index contributed by atoms with van der Waals surface area (Å²) in [5, 5.41) is 8.67. The van der Waals surface area contributed by atoms with Crippen LogP contribution in [0.4, 0.5) is 0 Å². The van der Waals surface area contributed by atoms with E-state index in [1.165, 1.54) is 57.8 Å². The fourth-order valence-corrected chi connectivity index (χ4v) is 3.12. The van der Waals surface area contributed by atoms with Crippen LogP contribution in [0.15, 0.2) is 0 Å². The van der Waals surface area contributed by atoms with Crippen LogP contribution in [0, 0.1) is 0 Å². The van der Waals surface area contributed by atoms with Crippen molar-refractivity contribution in [2.24, 2.45) is 5.84 Å². The molecule has 0 aromatic heterocycles. The Morgan fingerprint density at radius 2 is 1.48 bits per heavy atom. The van der Waals surface area contributed by atoms with Gasteiger partial charge in [0.15, 0.2) is 10.2 Å². The summed E-state index contributed by atoms with van der Waals surface area (Å²) in [6, 6.07) is 0. The topological polar surface area (TPSA) is 53.3 Å². The zero-order valence-electron chi connectivity index (χ0n) is 13.2. The maximum atomic E-state index is 5.91. The van der Waals surface area contributed by atoms with Gasteiger partial charge >= 0.3 is 0 Å². The highest BCUT2D eigenvalue weighted by Crippen LogP contribution is 2.13. The van der Waals surface area contributed by atoms with Gasteiger partial charge in [-0.15, -0.1) is 0 Å². The Morgan fingerprint density at radius 1 is 0.952 bits per heavy atom. The molecule has 0 amide bonds. The van der Waals surface area contributed by atoms with Gasteiger partial charge in [0.2, 0.25) is 0 Å². The molecule has 1 heterocycles. The first-order chi connectivity index (χ1) is 10.1. The van der Waals surface area contributed by atoms with E-state index < -0.39 is 0 Å². The van der Waals surface area contributed by atoms with Crippen LogP contribution in [0.3, 0.4) is 0 Å². The molecule has 1 fully saturated rings. The Hall–Kier alpha value is -0.460. The minimum atomic E-state index is 0.0419. The summed E-state index contributed by atoms with van der Waals surface area (Å²) >= 11 is 10.2. The first-order valence-electron chi connectivity index (χ1n) is 8.30. The lowest BCUT2D eigenvalue weighted by Crippen LogP contribution is -2.65. The second-order valence-corrected chi connectivity index (χ2v) is 6.59. The van der Waals surface area contributed by atoms with Crippen LogP contribution in [0.2, 0.25) is 0 Å². The van der Waals surface area contributed by atoms with Crippen molar-refractivity contribution in [1.82, 2.24) is 15.6 Å². The normalized spacial score (nSPS) is 18.6. The molecule has 0 saturated carbocycles. The summed E-state index contributed by atoms with van der Waals surface area (Å²) in [4.78, 5) is 0. The minimum Gasteiger partial charge on any atom is -0.341 e. The monoisotopic (exact) mass is 330 g/mol. The molecule has 21 heavy (non-hydrogen) atoms. The molecule has 0 aliphatic carbocycles. The number of nitrogens with one attached hydrogen (secondary N) is 2. The van der Waals surface area contributed by atoms with E-state index in [2.05, 4.69) is 17.6 Å². The highest BCUT2D eigenvalue weighted by atomic mass is 32.1. The lowest BCUT2D eigenvalue weighted by atomic mass is 10.1. The Balaban J connectivity index is 1.96. The lowest BCUT2D eigenvalue weighted by molar-refractivity contribution is 0.265. The van der Waals surface area contributed by atoms with E-state index in [1.54, 1.807) is 5.01 Å². The van der Waals surface area contributed by atoms with E-state index in [0.717, 1.165) is 12.8 Å². The molecule has 1 saturated heterocycles. The molecular formula is C15H30N4S2. The number of hydrogen-bond acceptors (Lipinski definition) is 3. The molecule has 4 N–H and O–H groups in total. The standard InChI is InChI=1S/C15H30N4S2/c1-2-3-4-5-6-7-8-9-10-11-12-13-17-14(20)18-15(21)19(13)16/h13H,2-12,16H2,1H3,(H2,17,18,20,21). The van der Waals surface area contributed by atoms with Crippen LogP contribution in [-0.4, -0.2) is 21.4 Å². The molecule has 1 aliphatic heterocycles. The predicted octanol–water partition coefficient (Wildman–Crippen LogP) is 3.56. The Morgan fingerprint density at radius 3 is 2.05 bits per heavy atom. The van der Waals surface area contributed by atoms with Gasteiger partial charge in [0.25, 0.3) is 0 Å². The molecule has 0 radical (unpaired) electrons. The van der Waals surface area contributed by atoms with Gasteiger partial charge in [0.1, 0.15) is 6.17 Å². The molecule has 0 bridgehead atoms. The fraction of sp³-hybridized carbons (Fsp3) is 0.867. The Bertz CT molecular complexity index is 323. The largest absolute Gasteiger partial charge is 0.341 e. The van der Waals surface area contributed by atoms with Crippen LogP contribution < -0.4 is 16.5 Å². The van der Waals surface area contributed by atoms with Crippen molar-refractivity contribution in [3.8, 4) is 0 Å². The van der Waals surface area contributed by atoms with Crippen molar-refractivity contribution >= 4 is 34.7 Å². The number of nitrogens with zero attached hydrogens (tertiary/aromatic N) is 1. The number of unbranched alkanes of at least 4 members (excludes halogenated alkanes) is 9. The van der Waals surface area contributed by atoms with E-state index in [4.69, 9.17) is 30.3 Å². The molecule has 1 unspecified atom stereocenters. The predicted molar refractivity (Wildman–Crippen MR) is 97.7 cm³/mol. The lowest BCUT2D eigenvalue weighted by Gasteiger charge is -2.36. The van der Waals surface area contributed by atoms with Crippen LogP contribution in [0.1, 0.15) is 77.6 Å². The summed E-state index contributed by atoms with van der Waals surface area (Å²) in [6.07, 6.45) is 14.4. The zero-order valence-corrected chi connectivity index (χ0v) is 14.8. The zero-order chi connectivity index (χ0) is 15.5. The molecule has 4 nitrogen and oxygen atoms in total. The van der Waals surface area contributed by atoms with Gasteiger partial charge in [0, 0.05) is 0 Å². The van der Waals surface area contributed by atoms with Gasteiger partial charge in [-0.25, -0.2) is 5.84 Å². The maximum absolute atomic E-state index is 5.91. The van der Waals surface area contributed by atoms with Gasteiger partial charge in [-0.3, -0.25) is 5.01 Å². The van der Waals surface area contributed by atoms with Crippen molar-refractivity contribution < 1.29 is 0 Å². The second kappa shape index (κ2) is 11.2. The van der Waals surface area contributed by atoms with E-state index in [0.29, 0.717) is 10.2 Å². The molecular weight excluding hydrogens is 300 g/mol. The number of rotatable bonds is 11. The highest BCUT2D eigenvalue weighted by molar-refractivity contribution is 7.81. The van der Waals surface area contributed by atoms with Crippen molar-refractivity contribution in [3.63, 3.8) is 0 Å². The second-order valence-electron chi connectivity index (χ2n) is 5.80. The fourth-order valence-electron chi connectivity index (χ4n) is 2.60. The summed E-state index contributed by atoms with van der Waals surface area (Å²) in [7, 11) is 0. The summed E-state index contributed by atoms with van der Waals surface area (Å²) in [5.74, 6) is 5.91. The molecule has 122 valence electrons. The Labute approximate surface area is 140 Å². The third kappa shape index (κ3) is 7.93.